The lowest BCUT2D eigenvalue weighted by atomic mass is 10.0. The predicted octanol–water partition coefficient (Wildman–Crippen LogP) is 11.9. The highest BCUT2D eigenvalue weighted by Gasteiger charge is 2.02. The van der Waals surface area contributed by atoms with Crippen LogP contribution in [0.1, 0.15) is 102 Å². The van der Waals surface area contributed by atoms with Gasteiger partial charge in [-0.25, -0.2) is 4.79 Å². The van der Waals surface area contributed by atoms with Gasteiger partial charge in [-0.2, -0.15) is 10.2 Å². The molecule has 0 amide bonds. The smallest absolute Gasteiger partial charge is 0.330 e. The van der Waals surface area contributed by atoms with Gasteiger partial charge >= 0.3 is 5.97 Å². The van der Waals surface area contributed by atoms with Gasteiger partial charge in [-0.1, -0.05) is 83.1 Å². The number of aliphatic imine (C=N–C) groups is 1. The van der Waals surface area contributed by atoms with Crippen LogP contribution in [-0.4, -0.2) is 37.8 Å². The first-order chi connectivity index (χ1) is 24.9. The minimum Gasteiger partial charge on any atom is -0.494 e. The third kappa shape index (κ3) is 18.6. The summed E-state index contributed by atoms with van der Waals surface area (Å²) in [6, 6.07) is 23.3. The summed E-state index contributed by atoms with van der Waals surface area (Å²) in [6.07, 6.45) is 17.8. The Bertz CT molecular complexity index is 1510. The van der Waals surface area contributed by atoms with Crippen molar-refractivity contribution in [1.82, 2.24) is 0 Å². The lowest BCUT2D eigenvalue weighted by Gasteiger charge is -2.06. The van der Waals surface area contributed by atoms with E-state index in [1.54, 1.807) is 6.92 Å². The topological polar surface area (TPSA) is 98.9 Å². The number of rotatable bonds is 27. The van der Waals surface area contributed by atoms with Gasteiger partial charge in [0.05, 0.1) is 36.9 Å². The van der Waals surface area contributed by atoms with Crippen molar-refractivity contribution in [2.24, 2.45) is 15.2 Å². The minimum atomic E-state index is -0.353. The van der Waals surface area contributed by atoms with Crippen LogP contribution >= 0.6 is 0 Å². The molecule has 0 aromatic heterocycles. The second-order valence-electron chi connectivity index (χ2n) is 12.7. The molecule has 3 aromatic carbocycles. The molecule has 0 saturated carbocycles. The molecular weight excluding hydrogens is 638 g/mol. The Balaban J connectivity index is 1.25. The number of ether oxygens (including phenoxy) is 3. The van der Waals surface area contributed by atoms with Gasteiger partial charge in [-0.05, 0) is 104 Å². The number of allylic oxidation sites excluding steroid dienone is 1. The fourth-order valence-corrected chi connectivity index (χ4v) is 5.14. The second kappa shape index (κ2) is 25.2. The Hall–Kier alpha value is -4.85. The van der Waals surface area contributed by atoms with Crippen molar-refractivity contribution >= 4 is 35.0 Å². The Morgan fingerprint density at radius 1 is 0.588 bits per heavy atom. The monoisotopic (exact) mass is 693 g/mol. The van der Waals surface area contributed by atoms with Gasteiger partial charge in [-0.15, -0.1) is 0 Å². The Kier molecular flexibility index (Phi) is 20.0. The number of nitrogens with zero attached hydrogens (tertiary/aromatic N) is 3. The summed E-state index contributed by atoms with van der Waals surface area (Å²) in [7, 11) is 0. The van der Waals surface area contributed by atoms with Crippen LogP contribution in [0.25, 0.3) is 0 Å². The molecule has 51 heavy (non-hydrogen) atoms. The molecule has 0 unspecified atom stereocenters. The largest absolute Gasteiger partial charge is 0.494 e. The van der Waals surface area contributed by atoms with E-state index in [2.05, 4.69) is 28.4 Å². The summed E-state index contributed by atoms with van der Waals surface area (Å²) < 4.78 is 16.7. The van der Waals surface area contributed by atoms with Gasteiger partial charge in [0.1, 0.15) is 11.5 Å². The summed E-state index contributed by atoms with van der Waals surface area (Å²) in [4.78, 5) is 27.2. The number of unbranched alkanes of at least 4 members (excludes halogenated alkanes) is 11. The molecule has 8 nitrogen and oxygen atoms in total. The number of ketones is 1. The van der Waals surface area contributed by atoms with Gasteiger partial charge in [0.25, 0.3) is 0 Å². The molecule has 0 aliphatic heterocycles. The quantitative estimate of drug-likeness (QED) is 0.0260. The molecule has 0 atom stereocenters. The van der Waals surface area contributed by atoms with Crippen LogP contribution in [0.15, 0.2) is 113 Å². The maximum absolute atomic E-state index is 11.6. The molecule has 0 bridgehead atoms. The standard InChI is InChI=1S/C43H55N3O5/c1-4-43(48)51-33-17-13-9-8-12-16-32-50-41-29-25-39(26-30-41)46-45-38-21-19-36(20-22-38)34-44-37-23-27-40(28-24-37)49-31-15-11-7-5-6-10-14-18-42(47)35(2)3/h4,19-30,34H,1-2,5-18,31-33H2,3H3. The van der Waals surface area contributed by atoms with E-state index in [0.717, 1.165) is 98.3 Å². The number of Topliss-reactive ketones (excluding diaryl/α,β-unsaturated/α-hetero) is 1. The molecule has 0 aliphatic carbocycles. The van der Waals surface area contributed by atoms with E-state index in [9.17, 15) is 9.59 Å². The zero-order valence-corrected chi connectivity index (χ0v) is 30.4. The third-order valence-corrected chi connectivity index (χ3v) is 8.22. The predicted molar refractivity (Wildman–Crippen MR) is 207 cm³/mol. The minimum absolute atomic E-state index is 0.193. The van der Waals surface area contributed by atoms with E-state index in [-0.39, 0.29) is 11.8 Å². The average Bonchev–Trinajstić information content (AvgIpc) is 3.15. The normalized spacial score (nSPS) is 11.2. The van der Waals surface area contributed by atoms with Crippen LogP contribution < -0.4 is 9.47 Å². The van der Waals surface area contributed by atoms with Crippen molar-refractivity contribution in [2.45, 2.75) is 96.8 Å². The molecule has 0 saturated heterocycles. The Labute approximate surface area is 304 Å². The summed E-state index contributed by atoms with van der Waals surface area (Å²) in [5, 5.41) is 8.71. The van der Waals surface area contributed by atoms with Crippen LogP contribution in [0, 0.1) is 0 Å². The van der Waals surface area contributed by atoms with Crippen LogP contribution in [0.3, 0.4) is 0 Å². The fraction of sp³-hybridized carbons (Fsp3) is 0.419. The average molecular weight is 694 g/mol. The molecule has 0 spiro atoms. The first-order valence-corrected chi connectivity index (χ1v) is 18.4. The lowest BCUT2D eigenvalue weighted by Crippen LogP contribution is -2.01. The van der Waals surface area contributed by atoms with Gasteiger partial charge in [0, 0.05) is 18.7 Å². The van der Waals surface area contributed by atoms with E-state index in [4.69, 9.17) is 14.2 Å². The first kappa shape index (κ1) is 40.6. The van der Waals surface area contributed by atoms with Crippen molar-refractivity contribution < 1.29 is 23.8 Å². The molecule has 0 heterocycles. The number of carbonyl (C=O) groups is 2. The molecule has 0 radical (unpaired) electrons. The number of esters is 1. The second-order valence-corrected chi connectivity index (χ2v) is 12.7. The fourth-order valence-electron chi connectivity index (χ4n) is 5.14. The van der Waals surface area contributed by atoms with Gasteiger partial charge in [-0.3, -0.25) is 9.79 Å². The molecular formula is C43H55N3O5. The Morgan fingerprint density at radius 3 is 1.51 bits per heavy atom. The van der Waals surface area contributed by atoms with E-state index in [1.165, 1.54) is 25.3 Å². The highest BCUT2D eigenvalue weighted by atomic mass is 16.5. The van der Waals surface area contributed by atoms with Crippen LogP contribution in [0.2, 0.25) is 0 Å². The molecule has 0 N–H and O–H groups in total. The number of benzene rings is 3. The highest BCUT2D eigenvalue weighted by Crippen LogP contribution is 2.23. The van der Waals surface area contributed by atoms with Gasteiger partial charge in [0.15, 0.2) is 5.78 Å². The lowest BCUT2D eigenvalue weighted by molar-refractivity contribution is -0.137. The van der Waals surface area contributed by atoms with Crippen LogP contribution in [0.5, 0.6) is 11.5 Å². The number of hydrogen-bond acceptors (Lipinski definition) is 8. The molecule has 8 heteroatoms. The van der Waals surface area contributed by atoms with Gasteiger partial charge in [0.2, 0.25) is 0 Å². The molecule has 3 aromatic rings. The third-order valence-electron chi connectivity index (χ3n) is 8.22. The molecule has 0 fully saturated rings. The maximum atomic E-state index is 11.6. The molecule has 0 aliphatic rings. The van der Waals surface area contributed by atoms with E-state index < -0.39 is 0 Å². The maximum Gasteiger partial charge on any atom is 0.330 e. The van der Waals surface area contributed by atoms with Crippen molar-refractivity contribution in [3.05, 3.63) is 103 Å². The van der Waals surface area contributed by atoms with E-state index in [1.807, 2.05) is 79.0 Å². The van der Waals surface area contributed by atoms with Crippen molar-refractivity contribution in [3.63, 3.8) is 0 Å². The van der Waals surface area contributed by atoms with Crippen molar-refractivity contribution in [1.29, 1.82) is 0 Å². The van der Waals surface area contributed by atoms with E-state index in [0.29, 0.717) is 31.8 Å². The SMILES string of the molecule is C=CC(=O)OCCCCCCCCOc1ccc(N=Nc2ccc(C=Nc3ccc(OCCCCCCCCCC(=O)C(=C)C)cc3)cc2)cc1. The van der Waals surface area contributed by atoms with E-state index >= 15 is 0 Å². The molecule has 3 rings (SSSR count). The number of carbonyl (C=O) groups excluding carboxylic acids is 2. The zero-order chi connectivity index (χ0) is 36.4. The summed E-state index contributed by atoms with van der Waals surface area (Å²) in [5.41, 5.74) is 4.03. The van der Waals surface area contributed by atoms with Gasteiger partial charge < -0.3 is 14.2 Å². The highest BCUT2D eigenvalue weighted by molar-refractivity contribution is 5.94. The van der Waals surface area contributed by atoms with Crippen molar-refractivity contribution in [2.75, 3.05) is 19.8 Å². The summed E-state index contributed by atoms with van der Waals surface area (Å²) in [5.74, 6) is 1.52. The van der Waals surface area contributed by atoms with Crippen molar-refractivity contribution in [3.8, 4) is 11.5 Å². The summed E-state index contributed by atoms with van der Waals surface area (Å²) in [6.45, 7) is 10.7. The number of azo groups is 1. The summed E-state index contributed by atoms with van der Waals surface area (Å²) >= 11 is 0. The molecule has 272 valence electrons. The van der Waals surface area contributed by atoms with Crippen LogP contribution in [0.4, 0.5) is 17.1 Å². The number of hydrogen-bond donors (Lipinski definition) is 0. The Morgan fingerprint density at radius 2 is 1.02 bits per heavy atom. The first-order valence-electron chi connectivity index (χ1n) is 18.4. The zero-order valence-electron chi connectivity index (χ0n) is 30.4. The van der Waals surface area contributed by atoms with Crippen LogP contribution in [-0.2, 0) is 14.3 Å².